The highest BCUT2D eigenvalue weighted by atomic mass is 19.1. The maximum absolute atomic E-state index is 13.5. The Morgan fingerprint density at radius 1 is 0.946 bits per heavy atom. The van der Waals surface area contributed by atoms with Gasteiger partial charge in [0.05, 0.1) is 5.56 Å². The third-order valence-electron chi connectivity index (χ3n) is 6.60. The predicted octanol–water partition coefficient (Wildman–Crippen LogP) is 4.62. The van der Waals surface area contributed by atoms with Crippen molar-refractivity contribution < 1.29 is 23.2 Å². The first-order valence-corrected chi connectivity index (χ1v) is 12.1. The number of carbonyl (C=O) groups excluding carboxylic acids is 3. The zero-order chi connectivity index (χ0) is 26.1. The highest BCUT2D eigenvalue weighted by molar-refractivity contribution is 6.11. The number of likely N-dealkylation sites (tertiary alicyclic amines) is 1. The minimum atomic E-state index is -0.372. The highest BCUT2D eigenvalue weighted by Crippen LogP contribution is 2.36. The lowest BCUT2D eigenvalue weighted by atomic mass is 9.99. The van der Waals surface area contributed by atoms with Crippen LogP contribution in [0.5, 0.6) is 0 Å². The van der Waals surface area contributed by atoms with E-state index in [4.69, 9.17) is 4.42 Å². The van der Waals surface area contributed by atoms with Gasteiger partial charge in [-0.3, -0.25) is 14.4 Å². The molecule has 1 saturated heterocycles. The topological polar surface area (TPSA) is 91.7 Å². The third kappa shape index (κ3) is 4.82. The van der Waals surface area contributed by atoms with Crippen LogP contribution in [0.15, 0.2) is 71.1 Å². The quantitative estimate of drug-likeness (QED) is 0.419. The van der Waals surface area contributed by atoms with Gasteiger partial charge in [0.1, 0.15) is 17.2 Å². The molecule has 0 unspecified atom stereocenters. The normalized spacial score (nSPS) is 15.1. The van der Waals surface area contributed by atoms with Crippen molar-refractivity contribution in [2.75, 3.05) is 20.1 Å². The van der Waals surface area contributed by atoms with Crippen LogP contribution in [0.2, 0.25) is 0 Å². The molecule has 4 aromatic rings. The van der Waals surface area contributed by atoms with Crippen LogP contribution in [0.3, 0.4) is 0 Å². The maximum Gasteiger partial charge on any atom is 0.255 e. The molecule has 2 heterocycles. The third-order valence-corrected chi connectivity index (χ3v) is 6.60. The molecule has 8 heteroatoms. The first kappa shape index (κ1) is 24.2. The molecular formula is C29H26FN3O4. The van der Waals surface area contributed by atoms with E-state index in [1.54, 1.807) is 42.3 Å². The van der Waals surface area contributed by atoms with E-state index in [2.05, 4.69) is 10.6 Å². The van der Waals surface area contributed by atoms with Crippen molar-refractivity contribution >= 4 is 28.7 Å². The Kier molecular flexibility index (Phi) is 6.48. The number of fused-ring (bicyclic) bond motifs is 1. The molecule has 188 valence electrons. The summed E-state index contributed by atoms with van der Waals surface area (Å²) in [5.41, 5.74) is 3.82. The second kappa shape index (κ2) is 9.89. The average molecular weight is 500 g/mol. The Labute approximate surface area is 213 Å². The lowest BCUT2D eigenvalue weighted by Gasteiger charge is -2.17. The number of benzene rings is 3. The van der Waals surface area contributed by atoms with Crippen molar-refractivity contribution in [2.24, 2.45) is 0 Å². The van der Waals surface area contributed by atoms with Gasteiger partial charge in [-0.05, 0) is 66.1 Å². The molecule has 0 saturated carbocycles. The van der Waals surface area contributed by atoms with Gasteiger partial charge in [-0.25, -0.2) is 4.39 Å². The molecule has 0 aliphatic carbocycles. The van der Waals surface area contributed by atoms with Gasteiger partial charge in [-0.2, -0.15) is 0 Å². The molecule has 0 bridgehead atoms. The number of rotatable bonds is 5. The van der Waals surface area contributed by atoms with Crippen LogP contribution < -0.4 is 10.6 Å². The van der Waals surface area contributed by atoms with Crippen molar-refractivity contribution in [1.82, 2.24) is 15.5 Å². The van der Waals surface area contributed by atoms with Crippen LogP contribution in [-0.2, 0) is 4.79 Å². The van der Waals surface area contributed by atoms with E-state index in [1.165, 1.54) is 19.1 Å². The average Bonchev–Trinajstić information content (AvgIpc) is 3.52. The fourth-order valence-corrected chi connectivity index (χ4v) is 4.77. The first-order chi connectivity index (χ1) is 17.8. The van der Waals surface area contributed by atoms with Gasteiger partial charge in [-0.15, -0.1) is 0 Å². The van der Waals surface area contributed by atoms with E-state index in [0.717, 1.165) is 17.5 Å². The van der Waals surface area contributed by atoms with E-state index in [-0.39, 0.29) is 29.6 Å². The zero-order valence-electron chi connectivity index (χ0n) is 20.5. The summed E-state index contributed by atoms with van der Waals surface area (Å²) >= 11 is 0. The van der Waals surface area contributed by atoms with Crippen molar-refractivity contribution in [3.8, 4) is 22.5 Å². The summed E-state index contributed by atoms with van der Waals surface area (Å²) in [6.45, 7) is 2.57. The minimum Gasteiger partial charge on any atom is -0.455 e. The molecule has 3 amide bonds. The summed E-state index contributed by atoms with van der Waals surface area (Å²) in [6, 6.07) is 18.7. The molecule has 1 atom stereocenters. The van der Waals surface area contributed by atoms with Crippen LogP contribution >= 0.6 is 0 Å². The predicted molar refractivity (Wildman–Crippen MR) is 139 cm³/mol. The molecule has 0 spiro atoms. The number of hydrogen-bond acceptors (Lipinski definition) is 4. The molecule has 1 aliphatic heterocycles. The Bertz CT molecular complexity index is 1490. The Hall–Kier alpha value is -4.46. The summed E-state index contributed by atoms with van der Waals surface area (Å²) in [6.07, 6.45) is 0.738. The number of amides is 3. The van der Waals surface area contributed by atoms with Crippen LogP contribution in [-0.4, -0.2) is 48.8 Å². The Balaban J connectivity index is 1.44. The number of nitrogens with one attached hydrogen (secondary N) is 2. The molecule has 7 nitrogen and oxygen atoms in total. The Morgan fingerprint density at radius 3 is 2.30 bits per heavy atom. The van der Waals surface area contributed by atoms with Crippen molar-refractivity contribution in [3.05, 3.63) is 83.7 Å². The molecule has 2 N–H and O–H groups in total. The van der Waals surface area contributed by atoms with Gasteiger partial charge in [0.2, 0.25) is 5.91 Å². The summed E-state index contributed by atoms with van der Waals surface area (Å²) < 4.78 is 19.5. The van der Waals surface area contributed by atoms with E-state index in [0.29, 0.717) is 46.5 Å². The highest BCUT2D eigenvalue weighted by Gasteiger charge is 2.27. The molecule has 1 aromatic heterocycles. The monoisotopic (exact) mass is 499 g/mol. The van der Waals surface area contributed by atoms with Crippen molar-refractivity contribution in [2.45, 2.75) is 19.4 Å². The summed E-state index contributed by atoms with van der Waals surface area (Å²) in [5, 5.41) is 6.17. The first-order valence-electron chi connectivity index (χ1n) is 12.1. The van der Waals surface area contributed by atoms with Crippen LogP contribution in [0.1, 0.15) is 34.1 Å². The van der Waals surface area contributed by atoms with Crippen LogP contribution in [0, 0.1) is 5.82 Å². The summed E-state index contributed by atoms with van der Waals surface area (Å²) in [5.74, 6) is -0.476. The van der Waals surface area contributed by atoms with E-state index >= 15 is 0 Å². The smallest absolute Gasteiger partial charge is 0.255 e. The largest absolute Gasteiger partial charge is 0.455 e. The molecule has 5 rings (SSSR count). The van der Waals surface area contributed by atoms with Crippen LogP contribution in [0.4, 0.5) is 4.39 Å². The number of carbonyl (C=O) groups is 3. The van der Waals surface area contributed by atoms with E-state index in [9.17, 15) is 18.8 Å². The molecule has 3 aromatic carbocycles. The number of halogens is 1. The number of nitrogens with zero attached hydrogens (tertiary/aromatic N) is 1. The minimum absolute atomic E-state index is 0.0169. The van der Waals surface area contributed by atoms with Gasteiger partial charge in [-0.1, -0.05) is 18.2 Å². The molecule has 1 fully saturated rings. The second-order valence-electron chi connectivity index (χ2n) is 9.12. The van der Waals surface area contributed by atoms with E-state index in [1.807, 2.05) is 24.3 Å². The lowest BCUT2D eigenvalue weighted by molar-refractivity contribution is -0.119. The van der Waals surface area contributed by atoms with Crippen LogP contribution in [0.25, 0.3) is 33.4 Å². The standard InChI is InChI=1S/C29H26FN3O4/c1-17(34)32-23-13-14-33(16-23)29(36)20-5-3-18(4-6-20)21-9-12-25-24(15-21)26(28(35)31-2)27(37-25)19-7-10-22(30)11-8-19/h3-12,15,23H,13-14,16H2,1-2H3,(H,31,35)(H,32,34)/t23-/m0/s1. The SMILES string of the molecule is CNC(=O)c1c(-c2ccc(F)cc2)oc2ccc(-c3ccc(C(=O)N4CC[C@H](NC(C)=O)C4)cc3)cc12. The molecule has 37 heavy (non-hydrogen) atoms. The maximum atomic E-state index is 13.5. The Morgan fingerprint density at radius 2 is 1.62 bits per heavy atom. The number of hydrogen-bond donors (Lipinski definition) is 2. The molecule has 1 aliphatic rings. The van der Waals surface area contributed by atoms with Gasteiger partial charge >= 0.3 is 0 Å². The number of furan rings is 1. The van der Waals surface area contributed by atoms with Gasteiger partial charge < -0.3 is 20.0 Å². The van der Waals surface area contributed by atoms with E-state index < -0.39 is 0 Å². The summed E-state index contributed by atoms with van der Waals surface area (Å²) in [4.78, 5) is 38.8. The molecule has 0 radical (unpaired) electrons. The summed E-state index contributed by atoms with van der Waals surface area (Å²) in [7, 11) is 1.55. The van der Waals surface area contributed by atoms with Gasteiger partial charge in [0.25, 0.3) is 11.8 Å². The van der Waals surface area contributed by atoms with Crippen molar-refractivity contribution in [3.63, 3.8) is 0 Å². The lowest BCUT2D eigenvalue weighted by Crippen LogP contribution is -2.37. The molecular weight excluding hydrogens is 473 g/mol. The van der Waals surface area contributed by atoms with Gasteiger partial charge in [0.15, 0.2) is 0 Å². The fraction of sp³-hybridized carbons (Fsp3) is 0.207. The zero-order valence-corrected chi connectivity index (χ0v) is 20.5. The second-order valence-corrected chi connectivity index (χ2v) is 9.12. The fourth-order valence-electron chi connectivity index (χ4n) is 4.77. The van der Waals surface area contributed by atoms with Gasteiger partial charge in [0, 0.05) is 49.6 Å². The van der Waals surface area contributed by atoms with Crippen molar-refractivity contribution in [1.29, 1.82) is 0 Å².